The lowest BCUT2D eigenvalue weighted by Crippen LogP contribution is -2.40. The lowest BCUT2D eigenvalue weighted by Gasteiger charge is -2.26. The van der Waals surface area contributed by atoms with Gasteiger partial charge in [-0.15, -0.1) is 0 Å². The van der Waals surface area contributed by atoms with Crippen LogP contribution in [0.3, 0.4) is 0 Å². The van der Waals surface area contributed by atoms with Gasteiger partial charge in [-0.2, -0.15) is 4.31 Å². The number of sulfonamides is 1. The van der Waals surface area contributed by atoms with Crippen LogP contribution in [0.4, 0.5) is 5.69 Å². The summed E-state index contributed by atoms with van der Waals surface area (Å²) in [5.74, 6) is -0.148. The van der Waals surface area contributed by atoms with Gasteiger partial charge in [-0.05, 0) is 47.9 Å². The van der Waals surface area contributed by atoms with Gasteiger partial charge in [0.2, 0.25) is 15.9 Å². The average molecular weight is 480 g/mol. The van der Waals surface area contributed by atoms with E-state index in [2.05, 4.69) is 34.9 Å². The Balaban J connectivity index is 1.29. The molecule has 0 radical (unpaired) electrons. The van der Waals surface area contributed by atoms with Gasteiger partial charge in [-0.3, -0.25) is 4.79 Å². The molecule has 0 saturated carbocycles. The van der Waals surface area contributed by atoms with Gasteiger partial charge in [0.25, 0.3) is 0 Å². The molecule has 178 valence electrons. The maximum absolute atomic E-state index is 12.7. The zero-order valence-corrected chi connectivity index (χ0v) is 19.9. The molecule has 8 heteroatoms. The summed E-state index contributed by atoms with van der Waals surface area (Å²) in [5, 5.41) is 6.04. The van der Waals surface area contributed by atoms with E-state index in [1.165, 1.54) is 4.31 Å². The minimum atomic E-state index is -3.53. The molecule has 34 heavy (non-hydrogen) atoms. The molecule has 1 saturated heterocycles. The quantitative estimate of drug-likeness (QED) is 0.515. The molecule has 1 atom stereocenters. The Morgan fingerprint density at radius 2 is 1.53 bits per heavy atom. The number of benzene rings is 3. The minimum absolute atomic E-state index is 0.0853. The van der Waals surface area contributed by atoms with Crippen molar-refractivity contribution in [1.82, 2.24) is 9.62 Å². The number of anilines is 1. The molecule has 1 heterocycles. The van der Waals surface area contributed by atoms with Crippen LogP contribution in [0, 0.1) is 0 Å². The van der Waals surface area contributed by atoms with Crippen LogP contribution in [0.2, 0.25) is 0 Å². The number of carbonyl (C=O) groups excluding carboxylic acids is 1. The van der Waals surface area contributed by atoms with Crippen LogP contribution in [0.25, 0.3) is 11.1 Å². The standard InChI is InChI=1S/C26H29N3O4S/c1-20(21-7-9-23(10-8-21)22-5-3-2-4-6-22)28-26(30)19-27-24-11-13-25(14-12-24)34(31,32)29-15-17-33-18-16-29/h2-14,20,27H,15-19H2,1H3,(H,28,30)/t20-/m0/s1. The topological polar surface area (TPSA) is 87.7 Å². The highest BCUT2D eigenvalue weighted by Crippen LogP contribution is 2.22. The van der Waals surface area contributed by atoms with Crippen LogP contribution in [0.15, 0.2) is 83.8 Å². The number of hydrogen-bond donors (Lipinski definition) is 2. The van der Waals surface area contributed by atoms with Gasteiger partial charge in [-0.25, -0.2) is 8.42 Å². The molecule has 1 amide bonds. The minimum Gasteiger partial charge on any atom is -0.379 e. The van der Waals surface area contributed by atoms with E-state index in [0.717, 1.165) is 16.7 Å². The zero-order chi connectivity index (χ0) is 24.0. The van der Waals surface area contributed by atoms with E-state index >= 15 is 0 Å². The third kappa shape index (κ3) is 5.83. The Hall–Kier alpha value is -3.20. The van der Waals surface area contributed by atoms with Crippen molar-refractivity contribution in [3.8, 4) is 11.1 Å². The van der Waals surface area contributed by atoms with E-state index < -0.39 is 10.0 Å². The second kappa shape index (κ2) is 10.8. The summed E-state index contributed by atoms with van der Waals surface area (Å²) in [6.07, 6.45) is 0. The molecule has 0 unspecified atom stereocenters. The van der Waals surface area contributed by atoms with Gasteiger partial charge >= 0.3 is 0 Å². The number of ether oxygens (including phenoxy) is 1. The predicted octanol–water partition coefficient (Wildman–Crippen LogP) is 3.66. The molecular formula is C26H29N3O4S. The Morgan fingerprint density at radius 3 is 2.18 bits per heavy atom. The summed E-state index contributed by atoms with van der Waals surface area (Å²) in [7, 11) is -3.53. The first kappa shape index (κ1) is 23.9. The van der Waals surface area contributed by atoms with Gasteiger partial charge in [-0.1, -0.05) is 54.6 Å². The summed E-state index contributed by atoms with van der Waals surface area (Å²) < 4.78 is 32.1. The third-order valence-corrected chi connectivity index (χ3v) is 7.72. The monoisotopic (exact) mass is 479 g/mol. The Morgan fingerprint density at radius 1 is 0.912 bits per heavy atom. The maximum Gasteiger partial charge on any atom is 0.243 e. The highest BCUT2D eigenvalue weighted by atomic mass is 32.2. The van der Waals surface area contributed by atoms with Gasteiger partial charge in [0.15, 0.2) is 0 Å². The van der Waals surface area contributed by atoms with Gasteiger partial charge < -0.3 is 15.4 Å². The normalized spacial score (nSPS) is 15.4. The second-order valence-electron chi connectivity index (χ2n) is 8.17. The van der Waals surface area contributed by atoms with E-state index in [4.69, 9.17) is 4.74 Å². The van der Waals surface area contributed by atoms with E-state index in [0.29, 0.717) is 32.0 Å². The summed E-state index contributed by atoms with van der Waals surface area (Å²) in [5.41, 5.74) is 3.98. The van der Waals surface area contributed by atoms with Crippen molar-refractivity contribution in [1.29, 1.82) is 0 Å². The van der Waals surface area contributed by atoms with Crippen molar-refractivity contribution in [2.45, 2.75) is 17.9 Å². The number of nitrogens with zero attached hydrogens (tertiary/aromatic N) is 1. The molecular weight excluding hydrogens is 450 g/mol. The molecule has 1 fully saturated rings. The first-order chi connectivity index (χ1) is 16.4. The smallest absolute Gasteiger partial charge is 0.243 e. The molecule has 0 aromatic heterocycles. The first-order valence-corrected chi connectivity index (χ1v) is 12.7. The van der Waals surface area contributed by atoms with Gasteiger partial charge in [0, 0.05) is 18.8 Å². The third-order valence-electron chi connectivity index (χ3n) is 5.81. The van der Waals surface area contributed by atoms with Crippen LogP contribution in [0.1, 0.15) is 18.5 Å². The van der Waals surface area contributed by atoms with E-state index in [1.807, 2.05) is 37.3 Å². The van der Waals surface area contributed by atoms with Crippen molar-refractivity contribution in [3.05, 3.63) is 84.4 Å². The average Bonchev–Trinajstić information content (AvgIpc) is 2.89. The number of carbonyl (C=O) groups is 1. The molecule has 1 aliphatic rings. The van der Waals surface area contributed by atoms with Crippen molar-refractivity contribution in [2.24, 2.45) is 0 Å². The predicted molar refractivity (Wildman–Crippen MR) is 133 cm³/mol. The van der Waals surface area contributed by atoms with Crippen molar-refractivity contribution >= 4 is 21.6 Å². The molecule has 3 aromatic rings. The largest absolute Gasteiger partial charge is 0.379 e. The molecule has 0 spiro atoms. The van der Waals surface area contributed by atoms with Crippen molar-refractivity contribution in [2.75, 3.05) is 38.2 Å². The maximum atomic E-state index is 12.7. The number of rotatable bonds is 8. The Kier molecular flexibility index (Phi) is 7.62. The summed E-state index contributed by atoms with van der Waals surface area (Å²) in [6, 6.07) is 24.6. The number of amides is 1. The molecule has 0 bridgehead atoms. The molecule has 2 N–H and O–H groups in total. The fourth-order valence-corrected chi connectivity index (χ4v) is 5.24. The fourth-order valence-electron chi connectivity index (χ4n) is 3.83. The van der Waals surface area contributed by atoms with Crippen LogP contribution in [-0.4, -0.2) is 51.5 Å². The van der Waals surface area contributed by atoms with Gasteiger partial charge in [0.1, 0.15) is 0 Å². The van der Waals surface area contributed by atoms with Crippen LogP contribution < -0.4 is 10.6 Å². The second-order valence-corrected chi connectivity index (χ2v) is 10.1. The van der Waals surface area contributed by atoms with Crippen molar-refractivity contribution in [3.63, 3.8) is 0 Å². The zero-order valence-electron chi connectivity index (χ0n) is 19.1. The Labute approximate surface area is 200 Å². The highest BCUT2D eigenvalue weighted by Gasteiger charge is 2.26. The first-order valence-electron chi connectivity index (χ1n) is 11.3. The Bertz CT molecular complexity index is 1190. The summed E-state index contributed by atoms with van der Waals surface area (Å²) in [4.78, 5) is 12.7. The number of nitrogens with one attached hydrogen (secondary N) is 2. The summed E-state index contributed by atoms with van der Waals surface area (Å²) in [6.45, 7) is 3.56. The van der Waals surface area contributed by atoms with Crippen LogP contribution >= 0.6 is 0 Å². The fraction of sp³-hybridized carbons (Fsp3) is 0.269. The van der Waals surface area contributed by atoms with E-state index in [9.17, 15) is 13.2 Å². The van der Waals surface area contributed by atoms with Crippen LogP contribution in [-0.2, 0) is 19.6 Å². The van der Waals surface area contributed by atoms with E-state index in [-0.39, 0.29) is 23.4 Å². The molecule has 4 rings (SSSR count). The molecule has 3 aromatic carbocycles. The summed E-state index contributed by atoms with van der Waals surface area (Å²) >= 11 is 0. The number of morpholine rings is 1. The van der Waals surface area contributed by atoms with Crippen molar-refractivity contribution < 1.29 is 17.9 Å². The highest BCUT2D eigenvalue weighted by molar-refractivity contribution is 7.89. The lowest BCUT2D eigenvalue weighted by atomic mass is 10.0. The molecule has 0 aliphatic carbocycles. The lowest BCUT2D eigenvalue weighted by molar-refractivity contribution is -0.120. The van der Waals surface area contributed by atoms with Crippen LogP contribution in [0.5, 0.6) is 0 Å². The number of hydrogen-bond acceptors (Lipinski definition) is 5. The van der Waals surface area contributed by atoms with E-state index in [1.54, 1.807) is 24.3 Å². The SMILES string of the molecule is C[C@H](NC(=O)CNc1ccc(S(=O)(=O)N2CCOCC2)cc1)c1ccc(-c2ccccc2)cc1. The molecule has 1 aliphatic heterocycles. The molecule has 7 nitrogen and oxygen atoms in total. The van der Waals surface area contributed by atoms with Gasteiger partial charge in [0.05, 0.1) is 30.7 Å².